The quantitative estimate of drug-likeness (QED) is 0.681. The predicted octanol–water partition coefficient (Wildman–Crippen LogP) is 2.78. The summed E-state index contributed by atoms with van der Waals surface area (Å²) in [6.45, 7) is 3.82. The number of benzene rings is 1. The van der Waals surface area contributed by atoms with Gasteiger partial charge in [-0.3, -0.25) is 10.1 Å². The van der Waals surface area contributed by atoms with Gasteiger partial charge in [0.25, 0.3) is 0 Å². The van der Waals surface area contributed by atoms with Crippen LogP contribution in [0, 0.1) is 0 Å². The maximum Gasteiger partial charge on any atom is 0.321 e. The van der Waals surface area contributed by atoms with Crippen molar-refractivity contribution in [3.05, 3.63) is 29.8 Å². The molecule has 1 heterocycles. The maximum atomic E-state index is 11.8. The van der Waals surface area contributed by atoms with Crippen molar-refractivity contribution in [2.24, 2.45) is 0 Å². The summed E-state index contributed by atoms with van der Waals surface area (Å²) >= 11 is 2.61. The SMILES string of the molecule is CCc1ccc(Nc2nnc(S[C@@H](C)C(=O)NC(=O)NC)s2)cc1. The molecule has 0 spiro atoms. The third-order valence-corrected chi connectivity index (χ3v) is 5.15. The van der Waals surface area contributed by atoms with Crippen LogP contribution in [0.5, 0.6) is 0 Å². The van der Waals surface area contributed by atoms with Crippen molar-refractivity contribution in [3.63, 3.8) is 0 Å². The fraction of sp³-hybridized carbons (Fsp3) is 0.333. The molecule has 2 aromatic rings. The normalized spacial score (nSPS) is 11.6. The summed E-state index contributed by atoms with van der Waals surface area (Å²) in [6, 6.07) is 7.58. The van der Waals surface area contributed by atoms with Crippen LogP contribution in [0.1, 0.15) is 19.4 Å². The Balaban J connectivity index is 1.92. The zero-order valence-corrected chi connectivity index (χ0v) is 15.3. The molecule has 3 amide bonds. The molecule has 0 saturated heterocycles. The third-order valence-electron chi connectivity index (χ3n) is 3.13. The van der Waals surface area contributed by atoms with E-state index < -0.39 is 11.3 Å². The zero-order chi connectivity index (χ0) is 17.5. The number of imide groups is 1. The van der Waals surface area contributed by atoms with Crippen LogP contribution in [-0.2, 0) is 11.2 Å². The number of rotatable bonds is 6. The van der Waals surface area contributed by atoms with Gasteiger partial charge in [0, 0.05) is 12.7 Å². The lowest BCUT2D eigenvalue weighted by Gasteiger charge is -2.08. The molecule has 0 bridgehead atoms. The summed E-state index contributed by atoms with van der Waals surface area (Å²) in [7, 11) is 1.45. The van der Waals surface area contributed by atoms with Gasteiger partial charge in [-0.2, -0.15) is 0 Å². The van der Waals surface area contributed by atoms with E-state index in [-0.39, 0.29) is 5.91 Å². The van der Waals surface area contributed by atoms with Crippen LogP contribution in [-0.4, -0.2) is 34.4 Å². The van der Waals surface area contributed by atoms with E-state index in [9.17, 15) is 9.59 Å². The van der Waals surface area contributed by atoms with E-state index in [4.69, 9.17) is 0 Å². The van der Waals surface area contributed by atoms with E-state index in [1.54, 1.807) is 6.92 Å². The van der Waals surface area contributed by atoms with E-state index in [0.717, 1.165) is 12.1 Å². The van der Waals surface area contributed by atoms with E-state index in [1.807, 2.05) is 12.1 Å². The highest BCUT2D eigenvalue weighted by Crippen LogP contribution is 2.30. The molecule has 1 atom stereocenters. The lowest BCUT2D eigenvalue weighted by molar-refractivity contribution is -0.119. The first-order valence-corrected chi connectivity index (χ1v) is 9.10. The molecule has 9 heteroatoms. The molecule has 0 aliphatic heterocycles. The Morgan fingerprint density at radius 1 is 1.25 bits per heavy atom. The fourth-order valence-corrected chi connectivity index (χ4v) is 3.65. The van der Waals surface area contributed by atoms with Crippen molar-refractivity contribution in [2.75, 3.05) is 12.4 Å². The Labute approximate surface area is 148 Å². The minimum absolute atomic E-state index is 0.376. The monoisotopic (exact) mass is 365 g/mol. The average Bonchev–Trinajstić information content (AvgIpc) is 3.02. The number of aromatic nitrogens is 2. The smallest absolute Gasteiger partial charge is 0.321 e. The van der Waals surface area contributed by atoms with Crippen molar-refractivity contribution in [1.82, 2.24) is 20.8 Å². The Bertz CT molecular complexity index is 702. The molecule has 0 radical (unpaired) electrons. The Hall–Kier alpha value is -2.13. The summed E-state index contributed by atoms with van der Waals surface area (Å²) in [5.74, 6) is -0.376. The minimum atomic E-state index is -0.525. The van der Waals surface area contributed by atoms with Gasteiger partial charge in [0.05, 0.1) is 5.25 Å². The van der Waals surface area contributed by atoms with Crippen LogP contribution in [0.3, 0.4) is 0 Å². The summed E-state index contributed by atoms with van der Waals surface area (Å²) < 4.78 is 0.655. The van der Waals surface area contributed by atoms with Crippen LogP contribution in [0.2, 0.25) is 0 Å². The molecule has 7 nitrogen and oxygen atoms in total. The molecule has 0 saturated carbocycles. The van der Waals surface area contributed by atoms with E-state index in [0.29, 0.717) is 9.47 Å². The van der Waals surface area contributed by atoms with Gasteiger partial charge in [-0.1, -0.05) is 42.2 Å². The fourth-order valence-electron chi connectivity index (χ4n) is 1.74. The number of urea groups is 1. The van der Waals surface area contributed by atoms with Crippen molar-refractivity contribution >= 4 is 45.9 Å². The molecule has 1 aromatic carbocycles. The highest BCUT2D eigenvalue weighted by Gasteiger charge is 2.18. The Morgan fingerprint density at radius 3 is 2.58 bits per heavy atom. The maximum absolute atomic E-state index is 11.8. The van der Waals surface area contributed by atoms with E-state index >= 15 is 0 Å². The molecular formula is C15H19N5O2S2. The number of carbonyl (C=O) groups excluding carboxylic acids is 2. The molecule has 0 fully saturated rings. The standard InChI is InChI=1S/C15H19N5O2S2/c1-4-10-5-7-11(8-6-10)17-14-19-20-15(24-14)23-9(2)12(21)18-13(22)16-3/h5-9H,4H2,1-3H3,(H,17,19)(H2,16,18,21,22)/t9-/m0/s1. The second kappa shape index (κ2) is 8.65. The average molecular weight is 365 g/mol. The highest BCUT2D eigenvalue weighted by atomic mass is 32.2. The van der Waals surface area contributed by atoms with Crippen molar-refractivity contribution in [1.29, 1.82) is 0 Å². The zero-order valence-electron chi connectivity index (χ0n) is 13.6. The summed E-state index contributed by atoms with van der Waals surface area (Å²) in [5.41, 5.74) is 2.20. The van der Waals surface area contributed by atoms with E-state index in [2.05, 4.69) is 45.2 Å². The first kappa shape index (κ1) is 18.2. The summed E-state index contributed by atoms with van der Waals surface area (Å²) in [6.07, 6.45) is 0.996. The van der Waals surface area contributed by atoms with Crippen LogP contribution in [0.15, 0.2) is 28.6 Å². The number of aryl methyl sites for hydroxylation is 1. The molecule has 128 valence electrons. The predicted molar refractivity (Wildman–Crippen MR) is 96.9 cm³/mol. The molecule has 0 unspecified atom stereocenters. The number of anilines is 2. The number of thioether (sulfide) groups is 1. The van der Waals surface area contributed by atoms with Gasteiger partial charge >= 0.3 is 6.03 Å². The number of nitrogens with one attached hydrogen (secondary N) is 3. The number of amides is 3. The van der Waals surface area contributed by atoms with Gasteiger partial charge < -0.3 is 10.6 Å². The lowest BCUT2D eigenvalue weighted by atomic mass is 10.1. The molecule has 3 N–H and O–H groups in total. The number of nitrogens with zero attached hydrogens (tertiary/aromatic N) is 2. The minimum Gasteiger partial charge on any atom is -0.341 e. The second-order valence-electron chi connectivity index (χ2n) is 4.88. The van der Waals surface area contributed by atoms with Crippen LogP contribution >= 0.6 is 23.1 Å². The van der Waals surface area contributed by atoms with Crippen molar-refractivity contribution < 1.29 is 9.59 Å². The van der Waals surface area contributed by atoms with Crippen LogP contribution < -0.4 is 16.0 Å². The molecule has 0 aliphatic rings. The molecular weight excluding hydrogens is 346 g/mol. The van der Waals surface area contributed by atoms with Gasteiger partial charge in [-0.15, -0.1) is 10.2 Å². The lowest BCUT2D eigenvalue weighted by Crippen LogP contribution is -2.41. The molecule has 1 aromatic heterocycles. The second-order valence-corrected chi connectivity index (χ2v) is 7.44. The third kappa shape index (κ3) is 5.20. The largest absolute Gasteiger partial charge is 0.341 e. The molecule has 0 aliphatic carbocycles. The summed E-state index contributed by atoms with van der Waals surface area (Å²) in [5, 5.41) is 16.1. The van der Waals surface area contributed by atoms with E-state index in [1.165, 1.54) is 35.7 Å². The first-order valence-electron chi connectivity index (χ1n) is 7.40. The Morgan fingerprint density at radius 2 is 1.96 bits per heavy atom. The Kier molecular flexibility index (Phi) is 6.56. The number of hydrogen-bond donors (Lipinski definition) is 3. The van der Waals surface area contributed by atoms with Crippen molar-refractivity contribution in [3.8, 4) is 0 Å². The van der Waals surface area contributed by atoms with Gasteiger partial charge in [0.15, 0.2) is 4.34 Å². The van der Waals surface area contributed by atoms with Crippen LogP contribution in [0.4, 0.5) is 15.6 Å². The molecule has 2 rings (SSSR count). The number of carbonyl (C=O) groups is 2. The van der Waals surface area contributed by atoms with Gasteiger partial charge in [-0.25, -0.2) is 4.79 Å². The number of hydrogen-bond acceptors (Lipinski definition) is 7. The van der Waals surface area contributed by atoms with Crippen LogP contribution in [0.25, 0.3) is 0 Å². The van der Waals surface area contributed by atoms with Gasteiger partial charge in [0.2, 0.25) is 11.0 Å². The first-order chi connectivity index (χ1) is 11.5. The summed E-state index contributed by atoms with van der Waals surface area (Å²) in [4.78, 5) is 23.0. The van der Waals surface area contributed by atoms with Gasteiger partial charge in [0.1, 0.15) is 0 Å². The topological polar surface area (TPSA) is 96.0 Å². The highest BCUT2D eigenvalue weighted by molar-refractivity contribution is 8.02. The molecule has 24 heavy (non-hydrogen) atoms. The van der Waals surface area contributed by atoms with Gasteiger partial charge in [-0.05, 0) is 31.0 Å². The van der Waals surface area contributed by atoms with Crippen molar-refractivity contribution in [2.45, 2.75) is 29.9 Å².